The summed E-state index contributed by atoms with van der Waals surface area (Å²) in [5.41, 5.74) is 1.21. The number of benzene rings is 2. The minimum absolute atomic E-state index is 0.192. The molecule has 26 heavy (non-hydrogen) atoms. The van der Waals surface area contributed by atoms with Crippen LogP contribution >= 0.6 is 11.8 Å². The number of nitrogens with zero attached hydrogens (tertiary/aromatic N) is 1. The second-order valence-corrected chi connectivity index (χ2v) is 6.24. The van der Waals surface area contributed by atoms with Crippen molar-refractivity contribution >= 4 is 34.7 Å². The van der Waals surface area contributed by atoms with E-state index < -0.39 is 0 Å². The third-order valence-corrected chi connectivity index (χ3v) is 4.49. The minimum atomic E-state index is -0.378. The molecule has 130 valence electrons. The number of hydrogen-bond donors (Lipinski definition) is 0. The second kappa shape index (κ2) is 7.81. The minimum Gasteiger partial charge on any atom is -0.495 e. The lowest BCUT2D eigenvalue weighted by molar-refractivity contribution is -0.113. The number of carbonyl (C=O) groups excluding carboxylic acids is 2. The number of terminal acetylenes is 1. The van der Waals surface area contributed by atoms with E-state index in [1.54, 1.807) is 54.6 Å². The summed E-state index contributed by atoms with van der Waals surface area (Å²) < 4.78 is 10.6. The predicted octanol–water partition coefficient (Wildman–Crippen LogP) is 3.95. The number of para-hydroxylation sites is 2. The maximum absolute atomic E-state index is 12.7. The molecule has 0 aromatic heterocycles. The molecule has 0 radical (unpaired) electrons. The van der Waals surface area contributed by atoms with E-state index in [-0.39, 0.29) is 17.8 Å². The van der Waals surface area contributed by atoms with Gasteiger partial charge >= 0.3 is 0 Å². The maximum atomic E-state index is 12.7. The van der Waals surface area contributed by atoms with Gasteiger partial charge in [-0.25, -0.2) is 4.90 Å². The first-order valence-electron chi connectivity index (χ1n) is 7.71. The maximum Gasteiger partial charge on any atom is 0.298 e. The van der Waals surface area contributed by atoms with Crippen LogP contribution < -0.4 is 14.4 Å². The highest BCUT2D eigenvalue weighted by molar-refractivity contribution is 8.19. The van der Waals surface area contributed by atoms with E-state index in [2.05, 4.69) is 5.92 Å². The first-order chi connectivity index (χ1) is 12.6. The molecule has 0 saturated carbocycles. The van der Waals surface area contributed by atoms with E-state index in [0.717, 1.165) is 22.2 Å². The molecule has 2 amide bonds. The van der Waals surface area contributed by atoms with E-state index in [0.29, 0.717) is 22.1 Å². The Balaban J connectivity index is 1.84. The summed E-state index contributed by atoms with van der Waals surface area (Å²) in [7, 11) is 1.50. The Labute approximate surface area is 155 Å². The van der Waals surface area contributed by atoms with Crippen LogP contribution in [0.4, 0.5) is 10.5 Å². The molecule has 0 aliphatic carbocycles. The van der Waals surface area contributed by atoms with Gasteiger partial charge in [-0.1, -0.05) is 30.2 Å². The van der Waals surface area contributed by atoms with Crippen LogP contribution in [0.2, 0.25) is 0 Å². The quantitative estimate of drug-likeness (QED) is 0.593. The summed E-state index contributed by atoms with van der Waals surface area (Å²) in [6.45, 7) is 0.192. The van der Waals surface area contributed by atoms with Gasteiger partial charge in [0.2, 0.25) is 0 Å². The topological polar surface area (TPSA) is 55.8 Å². The summed E-state index contributed by atoms with van der Waals surface area (Å²) in [4.78, 5) is 26.5. The lowest BCUT2D eigenvalue weighted by Gasteiger charge is -2.15. The van der Waals surface area contributed by atoms with Gasteiger partial charge in [-0.15, -0.1) is 6.42 Å². The molecule has 0 bridgehead atoms. The number of imide groups is 1. The Kier molecular flexibility index (Phi) is 5.30. The first-order valence-corrected chi connectivity index (χ1v) is 8.53. The van der Waals surface area contributed by atoms with Gasteiger partial charge in [-0.3, -0.25) is 9.59 Å². The molecular formula is C20H15NO4S. The van der Waals surface area contributed by atoms with Crippen molar-refractivity contribution in [1.82, 2.24) is 0 Å². The van der Waals surface area contributed by atoms with Crippen LogP contribution in [-0.4, -0.2) is 24.9 Å². The summed E-state index contributed by atoms with van der Waals surface area (Å²) in [5.74, 6) is 3.12. The molecular weight excluding hydrogens is 350 g/mol. The lowest BCUT2D eigenvalue weighted by atomic mass is 10.2. The van der Waals surface area contributed by atoms with Crippen molar-refractivity contribution in [3.8, 4) is 23.8 Å². The molecule has 2 aromatic rings. The molecule has 1 fully saturated rings. The van der Waals surface area contributed by atoms with Gasteiger partial charge in [0.15, 0.2) is 0 Å². The summed E-state index contributed by atoms with van der Waals surface area (Å²) in [5, 5.41) is -0.361. The molecule has 1 saturated heterocycles. The Hall–Kier alpha value is -3.17. The zero-order valence-electron chi connectivity index (χ0n) is 14.0. The molecule has 0 atom stereocenters. The second-order valence-electron chi connectivity index (χ2n) is 5.25. The van der Waals surface area contributed by atoms with E-state index in [9.17, 15) is 9.59 Å². The van der Waals surface area contributed by atoms with Crippen LogP contribution in [0.5, 0.6) is 11.5 Å². The fourth-order valence-electron chi connectivity index (χ4n) is 2.43. The monoisotopic (exact) mass is 365 g/mol. The van der Waals surface area contributed by atoms with E-state index in [1.807, 2.05) is 0 Å². The summed E-state index contributed by atoms with van der Waals surface area (Å²) in [6.07, 6.45) is 6.83. The molecule has 6 heteroatoms. The number of methoxy groups -OCH3 is 1. The average Bonchev–Trinajstić information content (AvgIpc) is 2.94. The van der Waals surface area contributed by atoms with Crippen LogP contribution in [0, 0.1) is 12.3 Å². The SMILES string of the molecule is C#CCOc1ccc(/C=C2\SC(=O)N(c3ccccc3OC)C2=O)cc1. The van der Waals surface area contributed by atoms with E-state index in [4.69, 9.17) is 15.9 Å². The lowest BCUT2D eigenvalue weighted by Crippen LogP contribution is -2.28. The van der Waals surface area contributed by atoms with E-state index in [1.165, 1.54) is 7.11 Å². The third-order valence-electron chi connectivity index (χ3n) is 3.62. The van der Waals surface area contributed by atoms with Crippen molar-refractivity contribution in [2.45, 2.75) is 0 Å². The Morgan fingerprint density at radius 2 is 1.88 bits per heavy atom. The normalized spacial score (nSPS) is 15.2. The van der Waals surface area contributed by atoms with Gasteiger partial charge in [0.25, 0.3) is 11.1 Å². The van der Waals surface area contributed by atoms with Gasteiger partial charge < -0.3 is 9.47 Å². The zero-order chi connectivity index (χ0) is 18.5. The standard InChI is InChI=1S/C20H15NO4S/c1-3-12-25-15-10-8-14(9-11-15)13-18-19(22)21(20(23)26-18)16-6-4-5-7-17(16)24-2/h1,4-11,13H,12H2,2H3/b18-13-. The highest BCUT2D eigenvalue weighted by Crippen LogP contribution is 2.39. The van der Waals surface area contributed by atoms with Crippen LogP contribution in [0.25, 0.3) is 6.08 Å². The van der Waals surface area contributed by atoms with Gasteiger partial charge in [-0.2, -0.15) is 0 Å². The molecule has 0 spiro atoms. The fourth-order valence-corrected chi connectivity index (χ4v) is 3.26. The highest BCUT2D eigenvalue weighted by atomic mass is 32.2. The largest absolute Gasteiger partial charge is 0.495 e. The summed E-state index contributed by atoms with van der Waals surface area (Å²) >= 11 is 0.894. The average molecular weight is 365 g/mol. The zero-order valence-corrected chi connectivity index (χ0v) is 14.8. The van der Waals surface area contributed by atoms with Gasteiger partial charge in [0.1, 0.15) is 18.1 Å². The van der Waals surface area contributed by atoms with Crippen LogP contribution in [0.15, 0.2) is 53.4 Å². The van der Waals surface area contributed by atoms with Crippen LogP contribution in [0.1, 0.15) is 5.56 Å². The summed E-state index contributed by atoms with van der Waals surface area (Å²) in [6, 6.07) is 14.0. The number of anilines is 1. The van der Waals surface area contributed by atoms with Gasteiger partial charge in [0.05, 0.1) is 17.7 Å². The molecule has 1 aliphatic heterocycles. The molecule has 1 heterocycles. The molecule has 5 nitrogen and oxygen atoms in total. The molecule has 3 rings (SSSR count). The molecule has 0 unspecified atom stereocenters. The Morgan fingerprint density at radius 3 is 2.58 bits per heavy atom. The number of carbonyl (C=O) groups is 2. The molecule has 0 N–H and O–H groups in total. The Morgan fingerprint density at radius 1 is 1.15 bits per heavy atom. The van der Waals surface area contributed by atoms with Crippen molar-refractivity contribution in [2.75, 3.05) is 18.6 Å². The number of amides is 2. The first kappa shape index (κ1) is 17.6. The predicted molar refractivity (Wildman–Crippen MR) is 102 cm³/mol. The fraction of sp³-hybridized carbons (Fsp3) is 0.100. The van der Waals surface area contributed by atoms with Crippen molar-refractivity contribution in [3.63, 3.8) is 0 Å². The van der Waals surface area contributed by atoms with E-state index >= 15 is 0 Å². The van der Waals surface area contributed by atoms with Crippen molar-refractivity contribution < 1.29 is 19.1 Å². The number of thioether (sulfide) groups is 1. The molecule has 2 aromatic carbocycles. The number of ether oxygens (including phenoxy) is 2. The van der Waals surface area contributed by atoms with Gasteiger partial charge in [-0.05, 0) is 47.7 Å². The smallest absolute Gasteiger partial charge is 0.298 e. The van der Waals surface area contributed by atoms with Crippen LogP contribution in [0.3, 0.4) is 0 Å². The molecule has 1 aliphatic rings. The van der Waals surface area contributed by atoms with Gasteiger partial charge in [0, 0.05) is 0 Å². The third kappa shape index (κ3) is 3.58. The number of hydrogen-bond acceptors (Lipinski definition) is 5. The highest BCUT2D eigenvalue weighted by Gasteiger charge is 2.37. The van der Waals surface area contributed by atoms with Crippen molar-refractivity contribution in [2.24, 2.45) is 0 Å². The van der Waals surface area contributed by atoms with Crippen molar-refractivity contribution in [3.05, 3.63) is 59.0 Å². The van der Waals surface area contributed by atoms with Crippen LogP contribution in [-0.2, 0) is 4.79 Å². The number of rotatable bonds is 5. The Bertz CT molecular complexity index is 912. The van der Waals surface area contributed by atoms with Crippen molar-refractivity contribution in [1.29, 1.82) is 0 Å².